The van der Waals surface area contributed by atoms with E-state index in [1.54, 1.807) is 4.79 Å². The van der Waals surface area contributed by atoms with E-state index in [0.717, 1.165) is 16.7 Å². The second-order valence-electron chi connectivity index (χ2n) is 3.47. The van der Waals surface area contributed by atoms with E-state index in [4.69, 9.17) is 0 Å². The van der Waals surface area contributed by atoms with E-state index in [9.17, 15) is 0 Å². The third-order valence-electron chi connectivity index (χ3n) is 2.36. The summed E-state index contributed by atoms with van der Waals surface area (Å²) in [6, 6.07) is 17.7. The van der Waals surface area contributed by atoms with E-state index in [1.807, 2.05) is 54.6 Å². The van der Waals surface area contributed by atoms with E-state index in [0.29, 0.717) is 0 Å². The lowest BCUT2D eigenvalue weighted by Gasteiger charge is -2.05. The SMILES string of the molecule is c1ccc(Nn2nnc3ccccc32)cc1. The number of fused-ring (bicyclic) bond motifs is 1. The van der Waals surface area contributed by atoms with Crippen molar-refractivity contribution in [3.05, 3.63) is 54.6 Å². The number of benzene rings is 2. The van der Waals surface area contributed by atoms with E-state index in [1.165, 1.54) is 0 Å². The highest BCUT2D eigenvalue weighted by molar-refractivity contribution is 5.74. The van der Waals surface area contributed by atoms with E-state index < -0.39 is 0 Å². The summed E-state index contributed by atoms with van der Waals surface area (Å²) in [5.74, 6) is 0. The van der Waals surface area contributed by atoms with Gasteiger partial charge in [-0.25, -0.2) is 0 Å². The van der Waals surface area contributed by atoms with Gasteiger partial charge >= 0.3 is 0 Å². The summed E-state index contributed by atoms with van der Waals surface area (Å²) in [5.41, 5.74) is 6.00. The van der Waals surface area contributed by atoms with Crippen LogP contribution in [0.15, 0.2) is 54.6 Å². The van der Waals surface area contributed by atoms with Crippen LogP contribution >= 0.6 is 0 Å². The van der Waals surface area contributed by atoms with Gasteiger partial charge in [0.15, 0.2) is 0 Å². The highest BCUT2D eigenvalue weighted by atomic mass is 15.6. The number of anilines is 1. The van der Waals surface area contributed by atoms with Gasteiger partial charge in [0.2, 0.25) is 0 Å². The molecule has 4 heteroatoms. The number of nitrogens with zero attached hydrogens (tertiary/aromatic N) is 3. The van der Waals surface area contributed by atoms with Gasteiger partial charge in [-0.2, -0.15) is 4.79 Å². The van der Waals surface area contributed by atoms with Crippen molar-refractivity contribution >= 4 is 16.7 Å². The summed E-state index contributed by atoms with van der Waals surface area (Å²) in [6.45, 7) is 0. The average molecular weight is 210 g/mol. The van der Waals surface area contributed by atoms with Gasteiger partial charge in [-0.3, -0.25) is 5.43 Å². The van der Waals surface area contributed by atoms with Crippen LogP contribution in [0.3, 0.4) is 0 Å². The molecule has 16 heavy (non-hydrogen) atoms. The second kappa shape index (κ2) is 3.66. The van der Waals surface area contributed by atoms with Gasteiger partial charge in [0.1, 0.15) is 11.0 Å². The van der Waals surface area contributed by atoms with Gasteiger partial charge < -0.3 is 0 Å². The zero-order chi connectivity index (χ0) is 10.8. The molecule has 3 rings (SSSR count). The molecule has 2 aromatic carbocycles. The molecule has 0 atom stereocenters. The van der Waals surface area contributed by atoms with E-state index in [-0.39, 0.29) is 0 Å². The average Bonchev–Trinajstić information content (AvgIpc) is 2.74. The maximum Gasteiger partial charge on any atom is 0.115 e. The van der Waals surface area contributed by atoms with Crippen molar-refractivity contribution in [2.75, 3.05) is 5.43 Å². The van der Waals surface area contributed by atoms with Gasteiger partial charge in [-0.1, -0.05) is 30.3 Å². The van der Waals surface area contributed by atoms with Crippen LogP contribution < -0.4 is 5.43 Å². The molecule has 1 aromatic heterocycles. The van der Waals surface area contributed by atoms with Crippen LogP contribution in [-0.2, 0) is 0 Å². The second-order valence-corrected chi connectivity index (χ2v) is 3.47. The molecule has 0 spiro atoms. The molecule has 0 radical (unpaired) electrons. The lowest BCUT2D eigenvalue weighted by atomic mass is 10.3. The molecule has 1 heterocycles. The van der Waals surface area contributed by atoms with Gasteiger partial charge in [0, 0.05) is 0 Å². The number of hydrogen-bond donors (Lipinski definition) is 1. The van der Waals surface area contributed by atoms with Crippen molar-refractivity contribution in [1.29, 1.82) is 0 Å². The lowest BCUT2D eigenvalue weighted by molar-refractivity contribution is 0.766. The Bertz CT molecular complexity index is 600. The first-order chi connectivity index (χ1) is 7.93. The molecule has 0 aliphatic carbocycles. The largest absolute Gasteiger partial charge is 0.276 e. The van der Waals surface area contributed by atoms with Crippen molar-refractivity contribution in [3.8, 4) is 0 Å². The Labute approximate surface area is 92.5 Å². The first-order valence-electron chi connectivity index (χ1n) is 5.06. The minimum atomic E-state index is 0.880. The van der Waals surface area contributed by atoms with Gasteiger partial charge in [0.25, 0.3) is 0 Å². The molecule has 0 amide bonds. The predicted octanol–water partition coefficient (Wildman–Crippen LogP) is 2.31. The zero-order valence-corrected chi connectivity index (χ0v) is 8.54. The van der Waals surface area contributed by atoms with Gasteiger partial charge in [0.05, 0.1) is 5.69 Å². The summed E-state index contributed by atoms with van der Waals surface area (Å²) >= 11 is 0. The Morgan fingerprint density at radius 2 is 1.62 bits per heavy atom. The number of para-hydroxylation sites is 2. The van der Waals surface area contributed by atoms with Crippen LogP contribution in [0.1, 0.15) is 0 Å². The lowest BCUT2D eigenvalue weighted by Crippen LogP contribution is -2.10. The number of rotatable bonds is 2. The summed E-state index contributed by atoms with van der Waals surface area (Å²) in [5, 5.41) is 8.11. The van der Waals surface area contributed by atoms with Crippen molar-refractivity contribution in [1.82, 2.24) is 15.1 Å². The highest BCUT2D eigenvalue weighted by Crippen LogP contribution is 2.11. The Morgan fingerprint density at radius 3 is 2.50 bits per heavy atom. The molecule has 0 saturated carbocycles. The fourth-order valence-electron chi connectivity index (χ4n) is 1.59. The smallest absolute Gasteiger partial charge is 0.115 e. The molecule has 4 nitrogen and oxygen atoms in total. The third-order valence-corrected chi connectivity index (χ3v) is 2.36. The Kier molecular flexibility index (Phi) is 2.04. The van der Waals surface area contributed by atoms with Crippen molar-refractivity contribution in [3.63, 3.8) is 0 Å². The first-order valence-corrected chi connectivity index (χ1v) is 5.06. The summed E-state index contributed by atoms with van der Waals surface area (Å²) in [4.78, 5) is 1.67. The minimum Gasteiger partial charge on any atom is -0.276 e. The molecule has 78 valence electrons. The molecule has 0 unspecified atom stereocenters. The fourth-order valence-corrected chi connectivity index (χ4v) is 1.59. The zero-order valence-electron chi connectivity index (χ0n) is 8.54. The standard InChI is InChI=1S/C12H10N4/c1-2-6-10(7-3-1)14-16-12-9-5-4-8-11(12)13-15-16/h1-9,14H. The summed E-state index contributed by atoms with van der Waals surface area (Å²) in [7, 11) is 0. The summed E-state index contributed by atoms with van der Waals surface area (Å²) < 4.78 is 0. The first kappa shape index (κ1) is 8.91. The topological polar surface area (TPSA) is 42.7 Å². The maximum atomic E-state index is 4.07. The molecular formula is C12H10N4. The highest BCUT2D eigenvalue weighted by Gasteiger charge is 2.02. The molecule has 3 aromatic rings. The van der Waals surface area contributed by atoms with E-state index in [2.05, 4.69) is 15.7 Å². The molecule has 0 bridgehead atoms. The molecule has 0 aliphatic heterocycles. The number of hydrogen-bond acceptors (Lipinski definition) is 3. The predicted molar refractivity (Wildman–Crippen MR) is 63.0 cm³/mol. The van der Waals surface area contributed by atoms with Crippen LogP contribution in [0.5, 0.6) is 0 Å². The quantitative estimate of drug-likeness (QED) is 0.705. The monoisotopic (exact) mass is 210 g/mol. The molecule has 0 aliphatic rings. The summed E-state index contributed by atoms with van der Waals surface area (Å²) in [6.07, 6.45) is 0. The van der Waals surface area contributed by atoms with Crippen molar-refractivity contribution < 1.29 is 0 Å². The molecule has 1 N–H and O–H groups in total. The normalized spacial score (nSPS) is 10.5. The van der Waals surface area contributed by atoms with Crippen molar-refractivity contribution in [2.45, 2.75) is 0 Å². The van der Waals surface area contributed by atoms with Crippen LogP contribution in [-0.4, -0.2) is 15.1 Å². The number of nitrogens with one attached hydrogen (secondary N) is 1. The van der Waals surface area contributed by atoms with Gasteiger partial charge in [-0.15, -0.1) is 5.10 Å². The van der Waals surface area contributed by atoms with Crippen molar-refractivity contribution in [2.24, 2.45) is 0 Å². The van der Waals surface area contributed by atoms with Gasteiger partial charge in [-0.05, 0) is 29.5 Å². The van der Waals surface area contributed by atoms with E-state index >= 15 is 0 Å². The molecule has 0 saturated heterocycles. The Balaban J connectivity index is 2.01. The van der Waals surface area contributed by atoms with Crippen LogP contribution in [0.2, 0.25) is 0 Å². The third kappa shape index (κ3) is 1.50. The van der Waals surface area contributed by atoms with Crippen LogP contribution in [0, 0.1) is 0 Å². The number of aromatic nitrogens is 3. The molecule has 0 fully saturated rings. The Hall–Kier alpha value is -2.36. The fraction of sp³-hybridized carbons (Fsp3) is 0. The molecular weight excluding hydrogens is 200 g/mol. The minimum absolute atomic E-state index is 0.880. The Morgan fingerprint density at radius 1 is 0.875 bits per heavy atom. The van der Waals surface area contributed by atoms with Crippen LogP contribution in [0.25, 0.3) is 11.0 Å². The maximum absolute atomic E-state index is 4.07. The van der Waals surface area contributed by atoms with Crippen LogP contribution in [0.4, 0.5) is 5.69 Å².